The van der Waals surface area contributed by atoms with Gasteiger partial charge in [-0.3, -0.25) is 0 Å². The Morgan fingerprint density at radius 3 is 2.50 bits per heavy atom. The summed E-state index contributed by atoms with van der Waals surface area (Å²) < 4.78 is 0. The molecule has 1 rings (SSSR count). The molecule has 0 unspecified atom stereocenters. The van der Waals surface area contributed by atoms with Gasteiger partial charge in [0.05, 0.1) is 0 Å². The highest BCUT2D eigenvalue weighted by molar-refractivity contribution is 5.13. The molecule has 3 nitrogen and oxygen atoms in total. The molecule has 0 saturated carbocycles. The van der Waals surface area contributed by atoms with Gasteiger partial charge in [0.25, 0.3) is 0 Å². The third kappa shape index (κ3) is 2.14. The van der Waals surface area contributed by atoms with E-state index >= 15 is 0 Å². The summed E-state index contributed by atoms with van der Waals surface area (Å²) in [5.41, 5.74) is 5.97. The van der Waals surface area contributed by atoms with E-state index in [2.05, 4.69) is 11.0 Å². The first-order chi connectivity index (χ1) is 4.93. The summed E-state index contributed by atoms with van der Waals surface area (Å²) in [5, 5.41) is 0. The van der Waals surface area contributed by atoms with Gasteiger partial charge in [-0.2, -0.15) is 11.4 Å². The number of rotatable bonds is 3. The Morgan fingerprint density at radius 2 is 1.90 bits per heavy atom. The van der Waals surface area contributed by atoms with Crippen molar-refractivity contribution >= 4 is 0 Å². The van der Waals surface area contributed by atoms with Gasteiger partial charge in [0.15, 0.2) is 0 Å². The maximum atomic E-state index is 6.59. The fourth-order valence-electron chi connectivity index (χ4n) is 0.742. The summed E-state index contributed by atoms with van der Waals surface area (Å²) in [4.78, 5) is 0. The molecule has 0 spiro atoms. The standard InChI is InChI=1S/C7H10N3/c8-10-9-6-7-4-2-1-3-5-7/h1-5,8-10H,6H2. The first kappa shape index (κ1) is 7.21. The highest BCUT2D eigenvalue weighted by Gasteiger charge is 1.85. The second-order valence-corrected chi connectivity index (χ2v) is 1.96. The van der Waals surface area contributed by atoms with Gasteiger partial charge in [0.1, 0.15) is 0 Å². The van der Waals surface area contributed by atoms with Crippen LogP contribution in [0.2, 0.25) is 0 Å². The second kappa shape index (κ2) is 4.00. The lowest BCUT2D eigenvalue weighted by Gasteiger charge is -1.99. The lowest BCUT2D eigenvalue weighted by Crippen LogP contribution is -2.28. The van der Waals surface area contributed by atoms with E-state index in [0.717, 1.165) is 0 Å². The largest absolute Gasteiger partial charge is 0.239 e. The van der Waals surface area contributed by atoms with Gasteiger partial charge in [0, 0.05) is 6.54 Å². The predicted octanol–water partition coefficient (Wildman–Crippen LogP) is 0.479. The highest BCUT2D eigenvalue weighted by atomic mass is 15.5. The Labute approximate surface area is 60.2 Å². The molecule has 0 heterocycles. The zero-order valence-corrected chi connectivity index (χ0v) is 5.59. The molecule has 0 aliphatic carbocycles. The lowest BCUT2D eigenvalue weighted by molar-refractivity contribution is 0.537. The fraction of sp³-hybridized carbons (Fsp3) is 0.143. The van der Waals surface area contributed by atoms with E-state index in [9.17, 15) is 0 Å². The summed E-state index contributed by atoms with van der Waals surface area (Å²) in [6.45, 7) is 0.685. The number of benzene rings is 1. The van der Waals surface area contributed by atoms with Crippen LogP contribution in [0, 0.1) is 0 Å². The van der Waals surface area contributed by atoms with Gasteiger partial charge in [-0.1, -0.05) is 30.3 Å². The molecule has 1 aromatic carbocycles. The van der Waals surface area contributed by atoms with Crippen molar-refractivity contribution in [3.63, 3.8) is 0 Å². The van der Waals surface area contributed by atoms with E-state index in [1.165, 1.54) is 5.56 Å². The van der Waals surface area contributed by atoms with Crippen molar-refractivity contribution < 1.29 is 0 Å². The zero-order chi connectivity index (χ0) is 7.23. The molecule has 1 radical (unpaired) electrons. The summed E-state index contributed by atoms with van der Waals surface area (Å²) in [5.74, 6) is 6.59. The first-order valence-electron chi connectivity index (χ1n) is 3.12. The van der Waals surface area contributed by atoms with E-state index in [4.69, 9.17) is 5.84 Å². The highest BCUT2D eigenvalue weighted by Crippen LogP contribution is 1.95. The molecule has 0 aliphatic heterocycles. The van der Waals surface area contributed by atoms with Crippen LogP contribution in [0.5, 0.6) is 0 Å². The number of hydrogen-bond donors (Lipinski definition) is 2. The van der Waals surface area contributed by atoms with E-state index in [1.807, 2.05) is 30.3 Å². The smallest absolute Gasteiger partial charge is 0.0364 e. The Kier molecular flexibility index (Phi) is 2.89. The summed E-state index contributed by atoms with van der Waals surface area (Å²) in [6, 6.07) is 9.92. The molecule has 3 heteroatoms. The molecular formula is C7H10N3. The molecule has 1 aromatic rings. The number of nitrogens with one attached hydrogen (secondary N) is 3. The zero-order valence-electron chi connectivity index (χ0n) is 5.59. The Morgan fingerprint density at radius 1 is 1.20 bits per heavy atom. The first-order valence-corrected chi connectivity index (χ1v) is 3.12. The van der Waals surface area contributed by atoms with Crippen molar-refractivity contribution in [3.05, 3.63) is 35.9 Å². The van der Waals surface area contributed by atoms with Crippen LogP contribution in [0.4, 0.5) is 0 Å². The van der Waals surface area contributed by atoms with Crippen LogP contribution in [-0.2, 0) is 6.54 Å². The molecule has 0 aromatic heterocycles. The van der Waals surface area contributed by atoms with Gasteiger partial charge in [-0.15, -0.1) is 0 Å². The number of hydrazine groups is 1. The fourth-order valence-corrected chi connectivity index (χ4v) is 0.742. The molecular weight excluding hydrogens is 126 g/mol. The summed E-state index contributed by atoms with van der Waals surface area (Å²) in [7, 11) is 0. The van der Waals surface area contributed by atoms with Gasteiger partial charge in [-0.05, 0) is 5.56 Å². The third-order valence-electron chi connectivity index (χ3n) is 1.22. The van der Waals surface area contributed by atoms with Crippen LogP contribution in [0.15, 0.2) is 30.3 Å². The van der Waals surface area contributed by atoms with E-state index in [1.54, 1.807) is 0 Å². The van der Waals surface area contributed by atoms with E-state index < -0.39 is 0 Å². The molecule has 3 N–H and O–H groups in total. The average molecular weight is 136 g/mol. The Bertz CT molecular complexity index is 173. The molecule has 0 aliphatic rings. The van der Waals surface area contributed by atoms with Crippen molar-refractivity contribution in [1.82, 2.24) is 16.8 Å². The Balaban J connectivity index is 2.43. The maximum Gasteiger partial charge on any atom is 0.0364 e. The average Bonchev–Trinajstić information content (AvgIpc) is 2.03. The summed E-state index contributed by atoms with van der Waals surface area (Å²) in [6.07, 6.45) is 0. The van der Waals surface area contributed by atoms with Crippen LogP contribution in [0.25, 0.3) is 0 Å². The topological polar surface area (TPSA) is 47.9 Å². The van der Waals surface area contributed by atoms with Gasteiger partial charge in [-0.25, -0.2) is 5.43 Å². The van der Waals surface area contributed by atoms with Gasteiger partial charge >= 0.3 is 0 Å². The van der Waals surface area contributed by atoms with Gasteiger partial charge < -0.3 is 0 Å². The minimum Gasteiger partial charge on any atom is -0.239 e. The SMILES string of the molecule is [NH]NNCc1ccccc1. The van der Waals surface area contributed by atoms with Crippen molar-refractivity contribution in [2.45, 2.75) is 6.54 Å². The normalized spacial score (nSPS) is 9.70. The molecule has 10 heavy (non-hydrogen) atoms. The molecule has 0 bridgehead atoms. The van der Waals surface area contributed by atoms with Crippen LogP contribution in [0.3, 0.4) is 0 Å². The quantitative estimate of drug-likeness (QED) is 0.594. The van der Waals surface area contributed by atoms with E-state index in [-0.39, 0.29) is 0 Å². The maximum absolute atomic E-state index is 6.59. The van der Waals surface area contributed by atoms with E-state index in [0.29, 0.717) is 6.54 Å². The molecule has 0 fully saturated rings. The monoisotopic (exact) mass is 136 g/mol. The molecule has 0 atom stereocenters. The minimum absolute atomic E-state index is 0.685. The molecule has 0 amide bonds. The second-order valence-electron chi connectivity index (χ2n) is 1.96. The van der Waals surface area contributed by atoms with Crippen molar-refractivity contribution in [2.24, 2.45) is 0 Å². The van der Waals surface area contributed by atoms with Crippen LogP contribution < -0.4 is 16.8 Å². The molecule has 53 valence electrons. The van der Waals surface area contributed by atoms with Crippen LogP contribution in [-0.4, -0.2) is 0 Å². The van der Waals surface area contributed by atoms with Crippen LogP contribution >= 0.6 is 0 Å². The Hall–Kier alpha value is -0.900. The van der Waals surface area contributed by atoms with Crippen LogP contribution in [0.1, 0.15) is 5.56 Å². The van der Waals surface area contributed by atoms with Crippen molar-refractivity contribution in [1.29, 1.82) is 0 Å². The minimum atomic E-state index is 0.685. The van der Waals surface area contributed by atoms with Gasteiger partial charge in [0.2, 0.25) is 0 Å². The third-order valence-corrected chi connectivity index (χ3v) is 1.22. The summed E-state index contributed by atoms with van der Waals surface area (Å²) >= 11 is 0. The van der Waals surface area contributed by atoms with Crippen molar-refractivity contribution in [3.8, 4) is 0 Å². The van der Waals surface area contributed by atoms with Crippen molar-refractivity contribution in [2.75, 3.05) is 0 Å². The predicted molar refractivity (Wildman–Crippen MR) is 39.5 cm³/mol. The number of hydrogen-bond acceptors (Lipinski definition) is 2. The lowest BCUT2D eigenvalue weighted by atomic mass is 10.2. The molecule has 0 saturated heterocycles.